The van der Waals surface area contributed by atoms with E-state index in [-0.39, 0.29) is 0 Å². The highest BCUT2D eigenvalue weighted by molar-refractivity contribution is 5.55. The second-order valence-corrected chi connectivity index (χ2v) is 3.69. The molecule has 2 rings (SSSR count). The van der Waals surface area contributed by atoms with Crippen molar-refractivity contribution in [3.8, 4) is 0 Å². The van der Waals surface area contributed by atoms with E-state index in [4.69, 9.17) is 0 Å². The number of piperidine rings is 1. The average Bonchev–Trinajstić information content (AvgIpc) is 2.50. The fraction of sp³-hybridized carbons (Fsp3) is 0.889. The van der Waals surface area contributed by atoms with Gasteiger partial charge in [-0.3, -0.25) is 4.90 Å². The first-order valence-electron chi connectivity index (χ1n) is 4.61. The third kappa shape index (κ3) is 1.20. The Labute approximate surface area is 67.6 Å². The molecule has 0 aromatic heterocycles. The van der Waals surface area contributed by atoms with Gasteiger partial charge in [-0.1, -0.05) is 0 Å². The van der Waals surface area contributed by atoms with Gasteiger partial charge in [0.05, 0.1) is 0 Å². The van der Waals surface area contributed by atoms with Gasteiger partial charge in [-0.05, 0) is 38.8 Å². The number of fused-ring (bicyclic) bond motifs is 1. The van der Waals surface area contributed by atoms with Crippen LogP contribution in [0.4, 0.5) is 0 Å². The lowest BCUT2D eigenvalue weighted by molar-refractivity contribution is -0.113. The Morgan fingerprint density at radius 3 is 2.64 bits per heavy atom. The number of rotatable bonds is 1. The van der Waals surface area contributed by atoms with E-state index < -0.39 is 0 Å². The molecule has 0 aromatic carbocycles. The van der Waals surface area contributed by atoms with Gasteiger partial charge in [-0.15, -0.1) is 0 Å². The number of carbonyl (C=O) groups excluding carboxylic acids is 1. The van der Waals surface area contributed by atoms with Gasteiger partial charge in [0.2, 0.25) is 0 Å². The molecule has 2 aliphatic heterocycles. The fourth-order valence-corrected chi connectivity index (χ4v) is 2.50. The van der Waals surface area contributed by atoms with Crippen molar-refractivity contribution in [3.63, 3.8) is 0 Å². The van der Waals surface area contributed by atoms with Gasteiger partial charge in [0.1, 0.15) is 6.29 Å². The number of hydrogen-bond acceptors (Lipinski definition) is 2. The summed E-state index contributed by atoms with van der Waals surface area (Å²) in [5, 5.41) is 0. The maximum Gasteiger partial charge on any atom is 0.124 e. The Morgan fingerprint density at radius 1 is 1.18 bits per heavy atom. The summed E-state index contributed by atoms with van der Waals surface area (Å²) in [6, 6.07) is 0.612. The second-order valence-electron chi connectivity index (χ2n) is 3.69. The molecule has 0 bridgehead atoms. The summed E-state index contributed by atoms with van der Waals surface area (Å²) >= 11 is 0. The zero-order chi connectivity index (χ0) is 7.68. The molecule has 0 aromatic rings. The average molecular weight is 153 g/mol. The predicted octanol–water partition coefficient (Wildman–Crippen LogP) is 1.06. The van der Waals surface area contributed by atoms with Crippen LogP contribution in [0.25, 0.3) is 0 Å². The summed E-state index contributed by atoms with van der Waals surface area (Å²) in [6.07, 6.45) is 6.07. The Bertz CT molecular complexity index is 158. The first kappa shape index (κ1) is 7.29. The van der Waals surface area contributed by atoms with E-state index in [9.17, 15) is 4.79 Å². The molecule has 0 radical (unpaired) electrons. The van der Waals surface area contributed by atoms with E-state index in [0.29, 0.717) is 12.0 Å². The largest absolute Gasteiger partial charge is 0.303 e. The minimum atomic E-state index is 0.353. The summed E-state index contributed by atoms with van der Waals surface area (Å²) < 4.78 is 0. The smallest absolute Gasteiger partial charge is 0.124 e. The van der Waals surface area contributed by atoms with Gasteiger partial charge in [0, 0.05) is 12.0 Å². The maximum atomic E-state index is 10.7. The normalized spacial score (nSPS) is 38.5. The zero-order valence-electron chi connectivity index (χ0n) is 6.83. The van der Waals surface area contributed by atoms with Crippen LogP contribution >= 0.6 is 0 Å². The van der Waals surface area contributed by atoms with Crippen molar-refractivity contribution in [2.24, 2.45) is 5.92 Å². The van der Waals surface area contributed by atoms with Crippen molar-refractivity contribution in [1.82, 2.24) is 4.90 Å². The van der Waals surface area contributed by atoms with E-state index in [1.54, 1.807) is 0 Å². The minimum Gasteiger partial charge on any atom is -0.303 e. The highest BCUT2D eigenvalue weighted by atomic mass is 16.1. The lowest BCUT2D eigenvalue weighted by Gasteiger charge is -2.33. The third-order valence-corrected chi connectivity index (χ3v) is 3.07. The molecule has 62 valence electrons. The SMILES string of the molecule is O=C[C@@H]1CCCN2CCC[C@H]12. The molecular weight excluding hydrogens is 138 g/mol. The summed E-state index contributed by atoms with van der Waals surface area (Å²) in [4.78, 5) is 13.2. The Balaban J connectivity index is 2.06. The van der Waals surface area contributed by atoms with Crippen molar-refractivity contribution < 1.29 is 4.79 Å². The van der Waals surface area contributed by atoms with Crippen LogP contribution in [0.2, 0.25) is 0 Å². The molecule has 2 saturated heterocycles. The van der Waals surface area contributed by atoms with E-state index in [2.05, 4.69) is 4.90 Å². The zero-order valence-corrected chi connectivity index (χ0v) is 6.83. The van der Waals surface area contributed by atoms with E-state index >= 15 is 0 Å². The molecule has 0 amide bonds. The fourth-order valence-electron chi connectivity index (χ4n) is 2.50. The minimum absolute atomic E-state index is 0.353. The van der Waals surface area contributed by atoms with Crippen molar-refractivity contribution in [1.29, 1.82) is 0 Å². The van der Waals surface area contributed by atoms with Crippen LogP contribution in [0, 0.1) is 5.92 Å². The number of nitrogens with zero attached hydrogens (tertiary/aromatic N) is 1. The number of hydrogen-bond donors (Lipinski definition) is 0. The van der Waals surface area contributed by atoms with Crippen molar-refractivity contribution in [2.45, 2.75) is 31.7 Å². The quantitative estimate of drug-likeness (QED) is 0.525. The Morgan fingerprint density at radius 2 is 1.91 bits per heavy atom. The Hall–Kier alpha value is -0.370. The molecular formula is C9H15NO. The Kier molecular flexibility index (Phi) is 1.95. The van der Waals surface area contributed by atoms with Crippen molar-refractivity contribution >= 4 is 6.29 Å². The van der Waals surface area contributed by atoms with Gasteiger partial charge >= 0.3 is 0 Å². The molecule has 2 atom stereocenters. The van der Waals surface area contributed by atoms with Gasteiger partial charge in [0.25, 0.3) is 0 Å². The standard InChI is InChI=1S/C9H15NO/c11-7-8-3-1-5-10-6-2-4-9(8)10/h7-9H,1-6H2/t8-,9+/m0/s1. The highest BCUT2D eigenvalue weighted by Gasteiger charge is 2.33. The molecule has 0 spiro atoms. The summed E-state index contributed by atoms with van der Waals surface area (Å²) in [5.41, 5.74) is 0. The first-order valence-corrected chi connectivity index (χ1v) is 4.61. The van der Waals surface area contributed by atoms with Crippen LogP contribution in [-0.2, 0) is 4.79 Å². The predicted molar refractivity (Wildman–Crippen MR) is 43.4 cm³/mol. The van der Waals surface area contributed by atoms with Crippen molar-refractivity contribution in [3.05, 3.63) is 0 Å². The third-order valence-electron chi connectivity index (χ3n) is 3.07. The molecule has 2 nitrogen and oxygen atoms in total. The molecule has 2 aliphatic rings. The van der Waals surface area contributed by atoms with Gasteiger partial charge in [-0.2, -0.15) is 0 Å². The molecule has 0 unspecified atom stereocenters. The van der Waals surface area contributed by atoms with Gasteiger partial charge in [-0.25, -0.2) is 0 Å². The van der Waals surface area contributed by atoms with Crippen LogP contribution < -0.4 is 0 Å². The number of carbonyl (C=O) groups is 1. The molecule has 11 heavy (non-hydrogen) atoms. The van der Waals surface area contributed by atoms with E-state index in [1.165, 1.54) is 38.6 Å². The van der Waals surface area contributed by atoms with Gasteiger partial charge < -0.3 is 4.79 Å². The highest BCUT2D eigenvalue weighted by Crippen LogP contribution is 2.30. The molecule has 2 heterocycles. The molecule has 0 N–H and O–H groups in total. The van der Waals surface area contributed by atoms with Crippen LogP contribution in [0.3, 0.4) is 0 Å². The first-order chi connectivity index (χ1) is 5.42. The lowest BCUT2D eigenvalue weighted by atomic mass is 9.91. The van der Waals surface area contributed by atoms with Crippen LogP contribution in [0.15, 0.2) is 0 Å². The van der Waals surface area contributed by atoms with Crippen LogP contribution in [0.5, 0.6) is 0 Å². The monoisotopic (exact) mass is 153 g/mol. The molecule has 0 aliphatic carbocycles. The van der Waals surface area contributed by atoms with E-state index in [1.807, 2.05) is 0 Å². The summed E-state index contributed by atoms with van der Waals surface area (Å²) in [6.45, 7) is 2.46. The molecule has 2 fully saturated rings. The number of aldehydes is 1. The van der Waals surface area contributed by atoms with Crippen LogP contribution in [-0.4, -0.2) is 30.3 Å². The topological polar surface area (TPSA) is 20.3 Å². The van der Waals surface area contributed by atoms with Crippen molar-refractivity contribution in [2.75, 3.05) is 13.1 Å². The van der Waals surface area contributed by atoms with Crippen LogP contribution in [0.1, 0.15) is 25.7 Å². The lowest BCUT2D eigenvalue weighted by Crippen LogP contribution is -2.41. The second kappa shape index (κ2) is 2.94. The summed E-state index contributed by atoms with van der Waals surface area (Å²) in [5.74, 6) is 0.353. The van der Waals surface area contributed by atoms with Gasteiger partial charge in [0.15, 0.2) is 0 Å². The van der Waals surface area contributed by atoms with E-state index in [0.717, 1.165) is 6.42 Å². The molecule has 0 saturated carbocycles. The molecule has 2 heteroatoms. The summed E-state index contributed by atoms with van der Waals surface area (Å²) in [7, 11) is 0. The maximum absolute atomic E-state index is 10.7.